The van der Waals surface area contributed by atoms with Crippen LogP contribution in [0.2, 0.25) is 0 Å². The van der Waals surface area contributed by atoms with Crippen molar-refractivity contribution in [3.05, 3.63) is 48.6 Å². The third-order valence-corrected chi connectivity index (χ3v) is 5.68. The Bertz CT molecular complexity index is 450. The summed E-state index contributed by atoms with van der Waals surface area (Å²) in [6.07, 6.45) is 33.9. The van der Waals surface area contributed by atoms with Crippen LogP contribution in [-0.4, -0.2) is 5.78 Å². The fraction of sp³-hybridized carbons (Fsp3) is 0.640. The van der Waals surface area contributed by atoms with Gasteiger partial charge in [-0.25, -0.2) is 0 Å². The van der Waals surface area contributed by atoms with Gasteiger partial charge in [0.2, 0.25) is 0 Å². The Morgan fingerprint density at radius 3 is 1.23 bits per heavy atom. The molecule has 0 aromatic carbocycles. The molecule has 0 saturated heterocycles. The molecule has 1 heteroatoms. The largest absolute Gasteiger partial charge is 0.299 e. The molecule has 0 aromatic rings. The predicted molar refractivity (Wildman–Crippen MR) is 113 cm³/mol. The van der Waals surface area contributed by atoms with Crippen LogP contribution >= 0.6 is 0 Å². The number of hydrogen-bond donors (Lipinski definition) is 0. The second-order valence-corrected chi connectivity index (χ2v) is 7.85. The number of carbonyl (C=O) groups is 1. The van der Waals surface area contributed by atoms with E-state index in [9.17, 15) is 4.79 Å². The standard InChI is InChI=1S/C25H38O/c26-25(23-19-15-11-7-3-1-4-8-12-16-20-23)24-21-17-13-9-5-2-6-10-14-18-22-24/h3,5,7-10,12,14,23-24H,1-2,4,6,11,13,15-22H2. The van der Waals surface area contributed by atoms with Crippen molar-refractivity contribution in [1.29, 1.82) is 0 Å². The molecule has 144 valence electrons. The van der Waals surface area contributed by atoms with Crippen LogP contribution in [0.15, 0.2) is 48.6 Å². The Balaban J connectivity index is 1.95. The van der Waals surface area contributed by atoms with Gasteiger partial charge in [-0.05, 0) is 89.9 Å². The zero-order valence-corrected chi connectivity index (χ0v) is 16.6. The molecule has 2 unspecified atom stereocenters. The highest BCUT2D eigenvalue weighted by atomic mass is 16.1. The molecule has 0 fully saturated rings. The average Bonchev–Trinajstić information content (AvgIpc) is 2.62. The van der Waals surface area contributed by atoms with E-state index in [0.717, 1.165) is 89.9 Å². The first kappa shape index (κ1) is 20.9. The van der Waals surface area contributed by atoms with E-state index in [-0.39, 0.29) is 11.8 Å². The summed E-state index contributed by atoms with van der Waals surface area (Å²) in [5, 5.41) is 0. The number of ketones is 1. The molecule has 2 atom stereocenters. The van der Waals surface area contributed by atoms with Crippen LogP contribution in [-0.2, 0) is 4.79 Å². The molecule has 0 radical (unpaired) electrons. The van der Waals surface area contributed by atoms with Crippen LogP contribution in [0.25, 0.3) is 0 Å². The topological polar surface area (TPSA) is 17.1 Å². The molecule has 0 saturated carbocycles. The fourth-order valence-corrected chi connectivity index (χ4v) is 4.08. The molecule has 0 N–H and O–H groups in total. The highest BCUT2D eigenvalue weighted by molar-refractivity contribution is 5.83. The van der Waals surface area contributed by atoms with Crippen molar-refractivity contribution >= 4 is 5.78 Å². The van der Waals surface area contributed by atoms with Crippen molar-refractivity contribution in [3.63, 3.8) is 0 Å². The maximum atomic E-state index is 13.3. The maximum Gasteiger partial charge on any atom is 0.139 e. The smallest absolute Gasteiger partial charge is 0.139 e. The van der Waals surface area contributed by atoms with Crippen molar-refractivity contribution in [2.45, 2.75) is 89.9 Å². The molecule has 0 aliphatic heterocycles. The Morgan fingerprint density at radius 2 is 0.808 bits per heavy atom. The Hall–Kier alpha value is -1.37. The molecule has 26 heavy (non-hydrogen) atoms. The minimum absolute atomic E-state index is 0.268. The third kappa shape index (κ3) is 8.83. The van der Waals surface area contributed by atoms with Crippen molar-refractivity contribution in [3.8, 4) is 0 Å². The molecule has 2 aliphatic rings. The van der Waals surface area contributed by atoms with Gasteiger partial charge in [-0.15, -0.1) is 0 Å². The second kappa shape index (κ2) is 13.8. The molecule has 0 heterocycles. The van der Waals surface area contributed by atoms with Crippen molar-refractivity contribution in [1.82, 2.24) is 0 Å². The van der Waals surface area contributed by atoms with E-state index in [1.54, 1.807) is 0 Å². The summed E-state index contributed by atoms with van der Waals surface area (Å²) in [4.78, 5) is 13.3. The number of Topliss-reactive ketones (excluding diaryl/α,β-unsaturated/α-hetero) is 1. The molecule has 0 amide bonds. The number of carbonyl (C=O) groups excluding carboxylic acids is 1. The van der Waals surface area contributed by atoms with Crippen molar-refractivity contribution < 1.29 is 4.79 Å². The van der Waals surface area contributed by atoms with Crippen LogP contribution < -0.4 is 0 Å². The van der Waals surface area contributed by atoms with Gasteiger partial charge in [-0.1, -0.05) is 48.6 Å². The summed E-state index contributed by atoms with van der Waals surface area (Å²) in [6.45, 7) is 0. The van der Waals surface area contributed by atoms with Gasteiger partial charge in [0.1, 0.15) is 5.78 Å². The summed E-state index contributed by atoms with van der Waals surface area (Å²) in [5.41, 5.74) is 0. The van der Waals surface area contributed by atoms with Gasteiger partial charge in [0.25, 0.3) is 0 Å². The van der Waals surface area contributed by atoms with Gasteiger partial charge >= 0.3 is 0 Å². The molecule has 0 bridgehead atoms. The summed E-state index contributed by atoms with van der Waals surface area (Å²) in [6, 6.07) is 0. The summed E-state index contributed by atoms with van der Waals surface area (Å²) >= 11 is 0. The molecule has 2 aliphatic carbocycles. The summed E-state index contributed by atoms with van der Waals surface area (Å²) < 4.78 is 0. The molecule has 0 aromatic heterocycles. The van der Waals surface area contributed by atoms with Gasteiger partial charge in [0, 0.05) is 11.8 Å². The van der Waals surface area contributed by atoms with Gasteiger partial charge in [0.05, 0.1) is 0 Å². The van der Waals surface area contributed by atoms with Crippen LogP contribution in [0.1, 0.15) is 89.9 Å². The highest BCUT2D eigenvalue weighted by Crippen LogP contribution is 2.27. The van der Waals surface area contributed by atoms with Gasteiger partial charge < -0.3 is 0 Å². The Morgan fingerprint density at radius 1 is 0.462 bits per heavy atom. The molecule has 1 nitrogen and oxygen atoms in total. The maximum absolute atomic E-state index is 13.3. The average molecular weight is 355 g/mol. The van der Waals surface area contributed by atoms with Crippen LogP contribution in [0.4, 0.5) is 0 Å². The van der Waals surface area contributed by atoms with Crippen LogP contribution in [0.3, 0.4) is 0 Å². The lowest BCUT2D eigenvalue weighted by Gasteiger charge is -2.22. The van der Waals surface area contributed by atoms with Gasteiger partial charge in [-0.2, -0.15) is 0 Å². The second-order valence-electron chi connectivity index (χ2n) is 7.85. The number of allylic oxidation sites excluding steroid dienone is 8. The first-order valence-corrected chi connectivity index (χ1v) is 11.0. The van der Waals surface area contributed by atoms with Gasteiger partial charge in [0.15, 0.2) is 0 Å². The predicted octanol–water partition coefficient (Wildman–Crippen LogP) is 7.50. The van der Waals surface area contributed by atoms with E-state index in [1.807, 2.05) is 0 Å². The molecule has 0 spiro atoms. The molecular weight excluding hydrogens is 316 g/mol. The lowest BCUT2D eigenvalue weighted by molar-refractivity contribution is -0.127. The SMILES string of the molecule is O=C(C1CCC=CCCC=CCCC1)C1CCC=CCCC=CCCC1. The number of rotatable bonds is 2. The highest BCUT2D eigenvalue weighted by Gasteiger charge is 2.25. The van der Waals surface area contributed by atoms with Gasteiger partial charge in [-0.3, -0.25) is 4.79 Å². The zero-order valence-electron chi connectivity index (χ0n) is 16.6. The van der Waals surface area contributed by atoms with E-state index in [2.05, 4.69) is 48.6 Å². The Labute approximate surface area is 161 Å². The van der Waals surface area contributed by atoms with Crippen LogP contribution in [0.5, 0.6) is 0 Å². The Kier molecular flexibility index (Phi) is 11.1. The normalized spacial score (nSPS) is 26.9. The summed E-state index contributed by atoms with van der Waals surface area (Å²) in [5.74, 6) is 1.10. The lowest BCUT2D eigenvalue weighted by atomic mass is 9.81. The van der Waals surface area contributed by atoms with E-state index in [0.29, 0.717) is 5.78 Å². The minimum Gasteiger partial charge on any atom is -0.299 e. The van der Waals surface area contributed by atoms with E-state index in [4.69, 9.17) is 0 Å². The molecular formula is C25H38O. The molecule has 2 rings (SSSR count). The van der Waals surface area contributed by atoms with E-state index < -0.39 is 0 Å². The minimum atomic E-state index is 0.268. The van der Waals surface area contributed by atoms with Crippen molar-refractivity contribution in [2.75, 3.05) is 0 Å². The monoisotopic (exact) mass is 354 g/mol. The zero-order chi connectivity index (χ0) is 18.3. The fourth-order valence-electron chi connectivity index (χ4n) is 4.08. The third-order valence-electron chi connectivity index (χ3n) is 5.68. The van der Waals surface area contributed by atoms with E-state index in [1.165, 1.54) is 0 Å². The number of hydrogen-bond acceptors (Lipinski definition) is 1. The first-order chi connectivity index (χ1) is 12.9. The first-order valence-electron chi connectivity index (χ1n) is 11.0. The van der Waals surface area contributed by atoms with Crippen LogP contribution in [0, 0.1) is 11.8 Å². The quantitative estimate of drug-likeness (QED) is 0.469. The van der Waals surface area contributed by atoms with Crippen molar-refractivity contribution in [2.24, 2.45) is 11.8 Å². The summed E-state index contributed by atoms with van der Waals surface area (Å²) in [7, 11) is 0. The lowest BCUT2D eigenvalue weighted by Crippen LogP contribution is -2.24. The van der Waals surface area contributed by atoms with E-state index >= 15 is 0 Å².